The molecule has 82 valence electrons. The number of imidazole rings is 1. The molecule has 0 fully saturated rings. The van der Waals surface area contributed by atoms with Gasteiger partial charge in [-0.2, -0.15) is 0 Å². The predicted octanol–water partition coefficient (Wildman–Crippen LogP) is 3.61. The third kappa shape index (κ3) is 2.03. The maximum absolute atomic E-state index is 10.6. The summed E-state index contributed by atoms with van der Waals surface area (Å²) in [5, 5.41) is 0.607. The van der Waals surface area contributed by atoms with E-state index in [1.165, 1.54) is 0 Å². The van der Waals surface area contributed by atoms with Gasteiger partial charge in [-0.15, -0.1) is 0 Å². The van der Waals surface area contributed by atoms with E-state index < -0.39 is 0 Å². The van der Waals surface area contributed by atoms with Gasteiger partial charge in [-0.25, -0.2) is 4.98 Å². The zero-order valence-electron chi connectivity index (χ0n) is 8.42. The first-order valence-corrected chi connectivity index (χ1v) is 5.76. The van der Waals surface area contributed by atoms with E-state index in [4.69, 9.17) is 11.6 Å². The molecule has 2 aromatic rings. The zero-order valence-corrected chi connectivity index (χ0v) is 10.8. The highest BCUT2D eigenvalue weighted by Gasteiger charge is 2.12. The van der Waals surface area contributed by atoms with Gasteiger partial charge in [-0.3, -0.25) is 4.79 Å². The van der Waals surface area contributed by atoms with Crippen molar-refractivity contribution in [2.24, 2.45) is 0 Å². The SMILES string of the molecule is Cc1ccc(Cl)c(-c2nc(C=O)[nH]c2Br)c1. The highest BCUT2D eigenvalue weighted by molar-refractivity contribution is 9.10. The lowest BCUT2D eigenvalue weighted by molar-refractivity contribution is 0.111. The minimum Gasteiger partial charge on any atom is -0.330 e. The number of carbonyl (C=O) groups is 1. The second-order valence-electron chi connectivity index (χ2n) is 3.39. The Hall–Kier alpha value is -1.13. The van der Waals surface area contributed by atoms with Crippen LogP contribution in [0.5, 0.6) is 0 Å². The first-order chi connectivity index (χ1) is 7.61. The van der Waals surface area contributed by atoms with Crippen LogP contribution in [0.1, 0.15) is 16.2 Å². The summed E-state index contributed by atoms with van der Waals surface area (Å²) in [5.41, 5.74) is 2.54. The molecule has 0 radical (unpaired) electrons. The predicted molar refractivity (Wildman–Crippen MR) is 66.9 cm³/mol. The van der Waals surface area contributed by atoms with Crippen LogP contribution in [0.15, 0.2) is 22.8 Å². The van der Waals surface area contributed by atoms with Gasteiger partial charge < -0.3 is 4.98 Å². The standard InChI is InChI=1S/C11H8BrClN2O/c1-6-2-3-8(13)7(4-6)10-11(12)15-9(5-16)14-10/h2-5H,1H3,(H,14,15). The Bertz CT molecular complexity index is 551. The van der Waals surface area contributed by atoms with E-state index in [-0.39, 0.29) is 5.82 Å². The Morgan fingerprint density at radius 1 is 1.50 bits per heavy atom. The number of aromatic amines is 1. The van der Waals surface area contributed by atoms with Crippen molar-refractivity contribution in [1.29, 1.82) is 0 Å². The van der Waals surface area contributed by atoms with Gasteiger partial charge in [0.05, 0.1) is 5.02 Å². The van der Waals surface area contributed by atoms with Gasteiger partial charge in [-0.05, 0) is 35.0 Å². The molecular formula is C11H8BrClN2O. The number of hydrogen-bond acceptors (Lipinski definition) is 2. The minimum atomic E-state index is 0.277. The number of nitrogens with one attached hydrogen (secondary N) is 1. The van der Waals surface area contributed by atoms with Crippen molar-refractivity contribution in [3.05, 3.63) is 39.2 Å². The highest BCUT2D eigenvalue weighted by atomic mass is 79.9. The zero-order chi connectivity index (χ0) is 11.7. The molecular weight excluding hydrogens is 291 g/mol. The van der Waals surface area contributed by atoms with Crippen LogP contribution in [0.3, 0.4) is 0 Å². The Morgan fingerprint density at radius 3 is 2.88 bits per heavy atom. The van der Waals surface area contributed by atoms with Gasteiger partial charge in [0.25, 0.3) is 0 Å². The topological polar surface area (TPSA) is 45.8 Å². The van der Waals surface area contributed by atoms with Gasteiger partial charge in [0.15, 0.2) is 12.1 Å². The molecule has 1 aromatic carbocycles. The molecule has 3 nitrogen and oxygen atoms in total. The molecule has 0 aliphatic rings. The van der Waals surface area contributed by atoms with Crippen LogP contribution >= 0.6 is 27.5 Å². The lowest BCUT2D eigenvalue weighted by atomic mass is 10.1. The molecule has 0 saturated carbocycles. The Labute approximate surface area is 106 Å². The van der Waals surface area contributed by atoms with Crippen LogP contribution in [0, 0.1) is 6.92 Å². The monoisotopic (exact) mass is 298 g/mol. The maximum atomic E-state index is 10.6. The summed E-state index contributed by atoms with van der Waals surface area (Å²) < 4.78 is 0.655. The number of aryl methyl sites for hydroxylation is 1. The fourth-order valence-electron chi connectivity index (χ4n) is 1.42. The van der Waals surface area contributed by atoms with Crippen LogP contribution in [0.4, 0.5) is 0 Å². The summed E-state index contributed by atoms with van der Waals surface area (Å²) in [6, 6.07) is 5.67. The fraction of sp³-hybridized carbons (Fsp3) is 0.0909. The van der Waals surface area contributed by atoms with Gasteiger partial charge >= 0.3 is 0 Å². The molecule has 0 bridgehead atoms. The van der Waals surface area contributed by atoms with E-state index in [0.29, 0.717) is 21.6 Å². The maximum Gasteiger partial charge on any atom is 0.185 e. The molecule has 0 aliphatic carbocycles. The molecule has 5 heteroatoms. The van der Waals surface area contributed by atoms with Crippen LogP contribution < -0.4 is 0 Å². The lowest BCUT2D eigenvalue weighted by Gasteiger charge is -2.02. The molecule has 0 aliphatic heterocycles. The summed E-state index contributed by atoms with van der Waals surface area (Å²) in [6.07, 6.45) is 0.665. The number of rotatable bonds is 2. The minimum absolute atomic E-state index is 0.277. The van der Waals surface area contributed by atoms with Crippen LogP contribution in [-0.4, -0.2) is 16.3 Å². The fourth-order valence-corrected chi connectivity index (χ4v) is 2.14. The number of hydrogen-bond donors (Lipinski definition) is 1. The van der Waals surface area contributed by atoms with E-state index in [1.54, 1.807) is 0 Å². The molecule has 0 amide bonds. The Balaban J connectivity index is 2.61. The number of aromatic nitrogens is 2. The van der Waals surface area contributed by atoms with E-state index in [9.17, 15) is 4.79 Å². The lowest BCUT2D eigenvalue weighted by Crippen LogP contribution is -1.84. The van der Waals surface area contributed by atoms with E-state index in [0.717, 1.165) is 11.1 Å². The summed E-state index contributed by atoms with van der Waals surface area (Å²) in [5.74, 6) is 0.277. The van der Waals surface area contributed by atoms with Crippen molar-refractivity contribution in [2.45, 2.75) is 6.92 Å². The van der Waals surface area contributed by atoms with E-state index in [2.05, 4.69) is 25.9 Å². The average Bonchev–Trinajstić information content (AvgIpc) is 2.63. The van der Waals surface area contributed by atoms with Crippen LogP contribution in [-0.2, 0) is 0 Å². The van der Waals surface area contributed by atoms with Gasteiger partial charge in [0.1, 0.15) is 10.3 Å². The van der Waals surface area contributed by atoms with E-state index >= 15 is 0 Å². The number of aldehydes is 1. The van der Waals surface area contributed by atoms with E-state index in [1.807, 2.05) is 25.1 Å². The molecule has 0 saturated heterocycles. The van der Waals surface area contributed by atoms with Crippen molar-refractivity contribution >= 4 is 33.8 Å². The molecule has 0 spiro atoms. The number of nitrogens with zero attached hydrogens (tertiary/aromatic N) is 1. The number of benzene rings is 1. The quantitative estimate of drug-likeness (QED) is 0.861. The summed E-state index contributed by atoms with van der Waals surface area (Å²) in [6.45, 7) is 1.97. The van der Waals surface area contributed by atoms with Crippen molar-refractivity contribution in [3.63, 3.8) is 0 Å². The molecule has 16 heavy (non-hydrogen) atoms. The number of halogens is 2. The van der Waals surface area contributed by atoms with Crippen molar-refractivity contribution in [2.75, 3.05) is 0 Å². The largest absolute Gasteiger partial charge is 0.330 e. The van der Waals surface area contributed by atoms with Crippen LogP contribution in [0.2, 0.25) is 5.02 Å². The van der Waals surface area contributed by atoms with Gasteiger partial charge in [0.2, 0.25) is 0 Å². The molecule has 1 heterocycles. The summed E-state index contributed by atoms with van der Waals surface area (Å²) >= 11 is 9.41. The summed E-state index contributed by atoms with van der Waals surface area (Å²) in [4.78, 5) is 17.6. The van der Waals surface area contributed by atoms with Crippen molar-refractivity contribution < 1.29 is 4.79 Å². The molecule has 1 aromatic heterocycles. The van der Waals surface area contributed by atoms with Crippen LogP contribution in [0.25, 0.3) is 11.3 Å². The van der Waals surface area contributed by atoms with Crippen molar-refractivity contribution in [3.8, 4) is 11.3 Å². The third-order valence-electron chi connectivity index (χ3n) is 2.17. The van der Waals surface area contributed by atoms with Crippen molar-refractivity contribution in [1.82, 2.24) is 9.97 Å². The van der Waals surface area contributed by atoms with Gasteiger partial charge in [0, 0.05) is 5.56 Å². The normalized spacial score (nSPS) is 10.4. The first-order valence-electron chi connectivity index (χ1n) is 4.59. The number of H-pyrrole nitrogens is 1. The smallest absolute Gasteiger partial charge is 0.185 e. The number of carbonyl (C=O) groups excluding carboxylic acids is 1. The molecule has 0 unspecified atom stereocenters. The molecule has 2 rings (SSSR count). The first kappa shape index (κ1) is 11.4. The highest BCUT2D eigenvalue weighted by Crippen LogP contribution is 2.32. The Kier molecular flexibility index (Phi) is 3.12. The molecule has 1 N–H and O–H groups in total. The third-order valence-corrected chi connectivity index (χ3v) is 3.07. The molecule has 0 atom stereocenters. The summed E-state index contributed by atoms with van der Waals surface area (Å²) in [7, 11) is 0. The average molecular weight is 300 g/mol. The Morgan fingerprint density at radius 2 is 2.25 bits per heavy atom. The second kappa shape index (κ2) is 4.39. The second-order valence-corrected chi connectivity index (χ2v) is 4.59. The van der Waals surface area contributed by atoms with Gasteiger partial charge in [-0.1, -0.05) is 23.2 Å².